The highest BCUT2D eigenvalue weighted by atomic mass is 16.6. The molecule has 0 saturated carbocycles. The van der Waals surface area contributed by atoms with Crippen LogP contribution in [0.3, 0.4) is 0 Å². The molecule has 1 atom stereocenters. The molecule has 1 fully saturated rings. The first-order valence-corrected chi connectivity index (χ1v) is 7.74. The van der Waals surface area contributed by atoms with Gasteiger partial charge in [0, 0.05) is 37.2 Å². The number of nitrogens with zero attached hydrogens (tertiary/aromatic N) is 2. The van der Waals surface area contributed by atoms with Gasteiger partial charge in [0.1, 0.15) is 5.75 Å². The Morgan fingerprint density at radius 2 is 2.27 bits per heavy atom. The van der Waals surface area contributed by atoms with E-state index in [1.165, 1.54) is 23.3 Å². The fraction of sp³-hybridized carbons (Fsp3) is 0.471. The zero-order valence-corrected chi connectivity index (χ0v) is 13.4. The lowest BCUT2D eigenvalue weighted by atomic mass is 10.0. The summed E-state index contributed by atoms with van der Waals surface area (Å²) < 4.78 is 5.53. The second kappa shape index (κ2) is 6.01. The summed E-state index contributed by atoms with van der Waals surface area (Å²) in [5, 5.41) is 1.03. The van der Waals surface area contributed by atoms with Crippen molar-refractivity contribution < 1.29 is 9.53 Å². The number of likely N-dealkylation sites (N-methyl/N-ethyl adjacent to an activating group) is 1. The summed E-state index contributed by atoms with van der Waals surface area (Å²) in [5.74, 6) is 0.633. The number of benzene rings is 1. The number of ether oxygens (including phenoxy) is 1. The van der Waals surface area contributed by atoms with Crippen molar-refractivity contribution in [3.8, 4) is 5.75 Å². The summed E-state index contributed by atoms with van der Waals surface area (Å²) in [6.45, 7) is 1.16. The molecule has 0 aliphatic carbocycles. The van der Waals surface area contributed by atoms with E-state index >= 15 is 0 Å². The molecule has 2 aromatic rings. The molecule has 0 unspecified atom stereocenters. The fourth-order valence-corrected chi connectivity index (χ4v) is 3.14. The van der Waals surface area contributed by atoms with Gasteiger partial charge in [-0.15, -0.1) is 0 Å². The average Bonchev–Trinajstić information content (AvgIpc) is 3.07. The molecule has 1 aliphatic heterocycles. The van der Waals surface area contributed by atoms with E-state index in [-0.39, 0.29) is 6.09 Å². The van der Waals surface area contributed by atoms with Crippen molar-refractivity contribution >= 4 is 17.0 Å². The van der Waals surface area contributed by atoms with Gasteiger partial charge < -0.3 is 19.5 Å². The number of carbonyl (C=O) groups is 1. The van der Waals surface area contributed by atoms with Crippen LogP contribution in [-0.4, -0.2) is 54.6 Å². The van der Waals surface area contributed by atoms with Gasteiger partial charge in [0.2, 0.25) is 0 Å². The van der Waals surface area contributed by atoms with Gasteiger partial charge in [-0.1, -0.05) is 6.07 Å². The van der Waals surface area contributed by atoms with Crippen LogP contribution in [0.4, 0.5) is 4.79 Å². The van der Waals surface area contributed by atoms with Crippen LogP contribution in [0, 0.1) is 0 Å². The number of nitrogens with one attached hydrogen (secondary N) is 1. The Hall–Kier alpha value is -2.01. The fourth-order valence-electron chi connectivity index (χ4n) is 3.14. The van der Waals surface area contributed by atoms with Gasteiger partial charge in [-0.25, -0.2) is 4.79 Å². The van der Waals surface area contributed by atoms with Crippen LogP contribution >= 0.6 is 0 Å². The van der Waals surface area contributed by atoms with E-state index in [2.05, 4.69) is 16.9 Å². The summed E-state index contributed by atoms with van der Waals surface area (Å²) >= 11 is 0. The monoisotopic (exact) mass is 301 g/mol. The molecule has 1 N–H and O–H groups in total. The van der Waals surface area contributed by atoms with Gasteiger partial charge in [-0.3, -0.25) is 0 Å². The lowest BCUT2D eigenvalue weighted by Crippen LogP contribution is -2.27. The molecule has 1 aromatic carbocycles. The second-order valence-corrected chi connectivity index (χ2v) is 6.24. The van der Waals surface area contributed by atoms with E-state index in [4.69, 9.17) is 4.74 Å². The van der Waals surface area contributed by atoms with Crippen LogP contribution < -0.4 is 4.74 Å². The molecular formula is C17H23N3O2. The molecule has 118 valence electrons. The summed E-state index contributed by atoms with van der Waals surface area (Å²) in [6.07, 6.45) is 5.16. The quantitative estimate of drug-likeness (QED) is 0.948. The molecule has 1 aliphatic rings. The summed E-state index contributed by atoms with van der Waals surface area (Å²) in [5.41, 5.74) is 2.23. The first-order chi connectivity index (χ1) is 10.6. The van der Waals surface area contributed by atoms with Crippen molar-refractivity contribution in [2.75, 3.05) is 27.7 Å². The molecule has 22 heavy (non-hydrogen) atoms. The lowest BCUT2D eigenvalue weighted by molar-refractivity contribution is 0.172. The van der Waals surface area contributed by atoms with Gasteiger partial charge in [-0.05, 0) is 50.6 Å². The van der Waals surface area contributed by atoms with Gasteiger partial charge in [0.05, 0.1) is 0 Å². The van der Waals surface area contributed by atoms with Crippen molar-refractivity contribution in [3.05, 3.63) is 30.0 Å². The van der Waals surface area contributed by atoms with Crippen molar-refractivity contribution in [1.82, 2.24) is 14.8 Å². The molecule has 3 rings (SSSR count). The van der Waals surface area contributed by atoms with Crippen LogP contribution in [0.1, 0.15) is 18.4 Å². The van der Waals surface area contributed by atoms with Crippen molar-refractivity contribution in [2.24, 2.45) is 0 Å². The minimum Gasteiger partial charge on any atom is -0.409 e. The highest BCUT2D eigenvalue weighted by Gasteiger charge is 2.23. The van der Waals surface area contributed by atoms with Crippen molar-refractivity contribution in [3.63, 3.8) is 0 Å². The lowest BCUT2D eigenvalue weighted by Gasteiger charge is -2.19. The highest BCUT2D eigenvalue weighted by Crippen LogP contribution is 2.31. The maximum Gasteiger partial charge on any atom is 0.414 e. The number of aromatic amines is 1. The Morgan fingerprint density at radius 3 is 2.95 bits per heavy atom. The number of hydrogen-bond acceptors (Lipinski definition) is 3. The number of likely N-dealkylation sites (tertiary alicyclic amines) is 1. The molecule has 2 heterocycles. The topological polar surface area (TPSA) is 48.6 Å². The van der Waals surface area contributed by atoms with E-state index < -0.39 is 0 Å². The number of aromatic nitrogens is 1. The number of fused-ring (bicyclic) bond motifs is 1. The number of rotatable bonds is 3. The van der Waals surface area contributed by atoms with E-state index in [1.807, 2.05) is 24.4 Å². The molecule has 1 amide bonds. The highest BCUT2D eigenvalue weighted by molar-refractivity contribution is 5.91. The average molecular weight is 301 g/mol. The standard InChI is InChI=1S/C17H23N3O2/c1-19(2)17(21)22-15-8-4-7-14-16(15)12(11-18-14)10-13-6-5-9-20(13)3/h4,7-8,11,13,18H,5-6,9-10H2,1-3H3/t13-/m1/s1. The van der Waals surface area contributed by atoms with E-state index in [9.17, 15) is 4.79 Å². The predicted molar refractivity (Wildman–Crippen MR) is 87.4 cm³/mol. The third-order valence-corrected chi connectivity index (χ3v) is 4.44. The van der Waals surface area contributed by atoms with E-state index in [0.29, 0.717) is 11.8 Å². The van der Waals surface area contributed by atoms with Crippen LogP contribution in [0.25, 0.3) is 10.9 Å². The predicted octanol–water partition coefficient (Wildman–Crippen LogP) is 2.87. The molecule has 0 bridgehead atoms. The Bertz CT molecular complexity index is 678. The normalized spacial score (nSPS) is 18.8. The summed E-state index contributed by atoms with van der Waals surface area (Å²) in [7, 11) is 5.56. The number of carbonyl (C=O) groups excluding carboxylic acids is 1. The number of amides is 1. The zero-order valence-electron chi connectivity index (χ0n) is 13.4. The van der Waals surface area contributed by atoms with Gasteiger partial charge in [0.15, 0.2) is 0 Å². The molecule has 5 nitrogen and oxygen atoms in total. The van der Waals surface area contributed by atoms with Crippen LogP contribution in [-0.2, 0) is 6.42 Å². The van der Waals surface area contributed by atoms with Crippen LogP contribution in [0.5, 0.6) is 5.75 Å². The first-order valence-electron chi connectivity index (χ1n) is 7.74. The molecule has 1 saturated heterocycles. The Kier molecular flexibility index (Phi) is 4.07. The molecule has 5 heteroatoms. The van der Waals surface area contributed by atoms with Gasteiger partial charge >= 0.3 is 6.09 Å². The van der Waals surface area contributed by atoms with E-state index in [1.54, 1.807) is 14.1 Å². The maximum absolute atomic E-state index is 11.9. The number of H-pyrrole nitrogens is 1. The molecule has 0 radical (unpaired) electrons. The Morgan fingerprint density at radius 1 is 1.45 bits per heavy atom. The van der Waals surface area contributed by atoms with Crippen molar-refractivity contribution in [1.29, 1.82) is 0 Å². The Balaban J connectivity index is 1.92. The van der Waals surface area contributed by atoms with Crippen molar-refractivity contribution in [2.45, 2.75) is 25.3 Å². The summed E-state index contributed by atoms with van der Waals surface area (Å²) in [6, 6.07) is 6.35. The Labute approximate surface area is 130 Å². The second-order valence-electron chi connectivity index (χ2n) is 6.24. The molecule has 1 aromatic heterocycles. The third-order valence-electron chi connectivity index (χ3n) is 4.44. The number of hydrogen-bond donors (Lipinski definition) is 1. The maximum atomic E-state index is 11.9. The third kappa shape index (κ3) is 2.81. The van der Waals surface area contributed by atoms with Crippen LogP contribution in [0.2, 0.25) is 0 Å². The molecular weight excluding hydrogens is 278 g/mol. The zero-order chi connectivity index (χ0) is 15.7. The largest absolute Gasteiger partial charge is 0.414 e. The first kappa shape index (κ1) is 14.9. The van der Waals surface area contributed by atoms with E-state index in [0.717, 1.165) is 23.9 Å². The SMILES string of the molecule is CN(C)C(=O)Oc1cccc2[nH]cc(C[C@H]3CCCN3C)c12. The van der Waals surface area contributed by atoms with Crippen LogP contribution in [0.15, 0.2) is 24.4 Å². The molecule has 0 spiro atoms. The minimum absolute atomic E-state index is 0.349. The van der Waals surface area contributed by atoms with Gasteiger partial charge in [0.25, 0.3) is 0 Å². The van der Waals surface area contributed by atoms with Gasteiger partial charge in [-0.2, -0.15) is 0 Å². The minimum atomic E-state index is -0.349. The smallest absolute Gasteiger partial charge is 0.409 e. The summed E-state index contributed by atoms with van der Waals surface area (Å²) in [4.78, 5) is 19.0.